The highest BCUT2D eigenvalue weighted by Crippen LogP contribution is 2.23. The van der Waals surface area contributed by atoms with E-state index in [2.05, 4.69) is 10.9 Å². The third-order valence-electron chi connectivity index (χ3n) is 3.55. The van der Waals surface area contributed by atoms with E-state index in [0.29, 0.717) is 5.56 Å². The van der Waals surface area contributed by atoms with E-state index in [0.717, 1.165) is 25.7 Å². The summed E-state index contributed by atoms with van der Waals surface area (Å²) < 4.78 is 13.0. The fourth-order valence-electron chi connectivity index (χ4n) is 2.47. The van der Waals surface area contributed by atoms with Gasteiger partial charge in [0, 0.05) is 5.92 Å². The third kappa shape index (κ3) is 4.33. The quantitative estimate of drug-likeness (QED) is 0.832. The summed E-state index contributed by atoms with van der Waals surface area (Å²) in [6, 6.07) is 5.86. The number of rotatable bonds is 3. The van der Waals surface area contributed by atoms with Gasteiger partial charge in [0.1, 0.15) is 5.82 Å². The molecule has 20 heavy (non-hydrogen) atoms. The van der Waals surface area contributed by atoms with Crippen LogP contribution in [-0.4, -0.2) is 11.8 Å². The first-order valence-corrected chi connectivity index (χ1v) is 6.98. The highest BCUT2D eigenvalue weighted by atomic mass is 19.1. The number of halogens is 1. The maximum Gasteiger partial charge on any atom is 0.242 e. The second-order valence-electron chi connectivity index (χ2n) is 5.18. The van der Waals surface area contributed by atoms with Crippen molar-refractivity contribution in [3.05, 3.63) is 35.6 Å². The van der Waals surface area contributed by atoms with E-state index in [4.69, 9.17) is 0 Å². The highest BCUT2D eigenvalue weighted by molar-refractivity contribution is 5.84. The zero-order valence-electron chi connectivity index (χ0n) is 11.3. The van der Waals surface area contributed by atoms with Crippen molar-refractivity contribution in [1.29, 1.82) is 0 Å². The van der Waals surface area contributed by atoms with Crippen molar-refractivity contribution in [2.24, 2.45) is 5.92 Å². The van der Waals surface area contributed by atoms with Crippen LogP contribution in [0.3, 0.4) is 0 Å². The number of carbonyl (C=O) groups excluding carboxylic acids is 2. The first-order chi connectivity index (χ1) is 9.65. The molecule has 1 saturated carbocycles. The molecule has 0 aliphatic heterocycles. The fraction of sp³-hybridized carbons (Fsp3) is 0.467. The number of hydrogen-bond donors (Lipinski definition) is 2. The van der Waals surface area contributed by atoms with Gasteiger partial charge >= 0.3 is 0 Å². The van der Waals surface area contributed by atoms with Crippen LogP contribution in [0.2, 0.25) is 0 Å². The first-order valence-electron chi connectivity index (χ1n) is 6.98. The van der Waals surface area contributed by atoms with Crippen molar-refractivity contribution in [1.82, 2.24) is 10.9 Å². The van der Waals surface area contributed by atoms with Gasteiger partial charge in [-0.25, -0.2) is 4.39 Å². The molecule has 0 atom stereocenters. The molecule has 1 fully saturated rings. The second-order valence-corrected chi connectivity index (χ2v) is 5.18. The Kier molecular flexibility index (Phi) is 5.09. The predicted molar refractivity (Wildman–Crippen MR) is 73.0 cm³/mol. The highest BCUT2D eigenvalue weighted by Gasteiger charge is 2.21. The van der Waals surface area contributed by atoms with Crippen molar-refractivity contribution in [2.75, 3.05) is 0 Å². The van der Waals surface area contributed by atoms with Crippen LogP contribution in [-0.2, 0) is 16.0 Å². The molecule has 5 heteroatoms. The number of amides is 2. The summed E-state index contributed by atoms with van der Waals surface area (Å²) in [5.41, 5.74) is 5.42. The van der Waals surface area contributed by atoms with Gasteiger partial charge in [0.25, 0.3) is 0 Å². The first kappa shape index (κ1) is 14.5. The molecule has 2 N–H and O–H groups in total. The molecule has 108 valence electrons. The van der Waals surface area contributed by atoms with E-state index in [1.807, 2.05) is 0 Å². The van der Waals surface area contributed by atoms with Crippen molar-refractivity contribution in [2.45, 2.75) is 38.5 Å². The number of carbonyl (C=O) groups is 2. The molecule has 0 unspecified atom stereocenters. The zero-order chi connectivity index (χ0) is 14.4. The van der Waals surface area contributed by atoms with Gasteiger partial charge in [0.2, 0.25) is 11.8 Å². The Morgan fingerprint density at radius 2 is 1.90 bits per heavy atom. The summed E-state index contributed by atoms with van der Waals surface area (Å²) in [6.45, 7) is 0. The molecule has 2 rings (SSSR count). The average molecular weight is 278 g/mol. The minimum absolute atomic E-state index is 0.00165. The minimum atomic E-state index is -0.374. The summed E-state index contributed by atoms with van der Waals surface area (Å²) in [5, 5.41) is 0. The standard InChI is InChI=1S/C15H19FN2O2/c16-13-8-4-5-11(9-13)10-14(19)17-18-15(20)12-6-2-1-3-7-12/h4-5,8-9,12H,1-3,6-7,10H2,(H,17,19)(H,18,20). The molecular formula is C15H19FN2O2. The van der Waals surface area contributed by atoms with Gasteiger partial charge in [-0.3, -0.25) is 20.4 Å². The summed E-state index contributed by atoms with van der Waals surface area (Å²) in [4.78, 5) is 23.5. The molecule has 1 aliphatic carbocycles. The molecule has 0 saturated heterocycles. The molecule has 0 heterocycles. The van der Waals surface area contributed by atoms with Crippen molar-refractivity contribution >= 4 is 11.8 Å². The summed E-state index contributed by atoms with van der Waals surface area (Å²) in [5.74, 6) is -0.850. The van der Waals surface area contributed by atoms with Gasteiger partial charge in [-0.15, -0.1) is 0 Å². The number of hydrazine groups is 1. The maximum absolute atomic E-state index is 13.0. The lowest BCUT2D eigenvalue weighted by Gasteiger charge is -2.20. The normalized spacial score (nSPS) is 15.7. The van der Waals surface area contributed by atoms with Gasteiger partial charge < -0.3 is 0 Å². The van der Waals surface area contributed by atoms with Crippen molar-refractivity contribution in [3.63, 3.8) is 0 Å². The SMILES string of the molecule is O=C(Cc1cccc(F)c1)NNC(=O)C1CCCCC1. The van der Waals surface area contributed by atoms with E-state index in [-0.39, 0.29) is 30.0 Å². The van der Waals surface area contributed by atoms with Gasteiger partial charge in [0.15, 0.2) is 0 Å². The van der Waals surface area contributed by atoms with Gasteiger partial charge in [-0.2, -0.15) is 0 Å². The topological polar surface area (TPSA) is 58.2 Å². The van der Waals surface area contributed by atoms with E-state index in [1.165, 1.54) is 18.6 Å². The van der Waals surface area contributed by atoms with E-state index >= 15 is 0 Å². The minimum Gasteiger partial charge on any atom is -0.273 e. The van der Waals surface area contributed by atoms with E-state index in [1.54, 1.807) is 12.1 Å². The number of hydrogen-bond acceptors (Lipinski definition) is 2. The monoisotopic (exact) mass is 278 g/mol. The van der Waals surface area contributed by atoms with Crippen LogP contribution in [0.4, 0.5) is 4.39 Å². The Balaban J connectivity index is 1.75. The number of benzene rings is 1. The average Bonchev–Trinajstić information content (AvgIpc) is 2.46. The molecule has 0 radical (unpaired) electrons. The molecular weight excluding hydrogens is 259 g/mol. The summed E-state index contributed by atoms with van der Waals surface area (Å²) >= 11 is 0. The smallest absolute Gasteiger partial charge is 0.242 e. The van der Waals surface area contributed by atoms with Crippen LogP contribution in [0.5, 0.6) is 0 Å². The Labute approximate surface area is 117 Å². The van der Waals surface area contributed by atoms with Gasteiger partial charge in [-0.05, 0) is 30.5 Å². The second kappa shape index (κ2) is 7.03. The molecule has 0 spiro atoms. The lowest BCUT2D eigenvalue weighted by Crippen LogP contribution is -2.45. The maximum atomic E-state index is 13.0. The number of nitrogens with one attached hydrogen (secondary N) is 2. The van der Waals surface area contributed by atoms with Crippen LogP contribution < -0.4 is 10.9 Å². The van der Waals surface area contributed by atoms with E-state index < -0.39 is 0 Å². The van der Waals surface area contributed by atoms with Crippen molar-refractivity contribution < 1.29 is 14.0 Å². The van der Waals surface area contributed by atoms with Crippen molar-refractivity contribution in [3.8, 4) is 0 Å². The predicted octanol–water partition coefficient (Wildman–Crippen LogP) is 2.10. The molecule has 4 nitrogen and oxygen atoms in total. The van der Waals surface area contributed by atoms with Crippen LogP contribution in [0.15, 0.2) is 24.3 Å². The van der Waals surface area contributed by atoms with Crippen LogP contribution in [0, 0.1) is 11.7 Å². The molecule has 1 aromatic rings. The Morgan fingerprint density at radius 3 is 2.60 bits per heavy atom. The Morgan fingerprint density at radius 1 is 1.15 bits per heavy atom. The Hall–Kier alpha value is -1.91. The molecule has 2 amide bonds. The van der Waals surface area contributed by atoms with Gasteiger partial charge in [0.05, 0.1) is 6.42 Å². The molecule has 1 aliphatic rings. The van der Waals surface area contributed by atoms with E-state index in [9.17, 15) is 14.0 Å². The molecule has 0 bridgehead atoms. The zero-order valence-corrected chi connectivity index (χ0v) is 11.3. The fourth-order valence-corrected chi connectivity index (χ4v) is 2.47. The lowest BCUT2D eigenvalue weighted by molar-refractivity contribution is -0.131. The summed E-state index contributed by atoms with van der Waals surface area (Å²) in [6.07, 6.45) is 5.11. The molecule has 1 aromatic carbocycles. The van der Waals surface area contributed by atoms with Crippen LogP contribution in [0.25, 0.3) is 0 Å². The Bertz CT molecular complexity index is 485. The largest absolute Gasteiger partial charge is 0.273 e. The third-order valence-corrected chi connectivity index (χ3v) is 3.55. The molecule has 0 aromatic heterocycles. The summed E-state index contributed by atoms with van der Waals surface area (Å²) in [7, 11) is 0. The lowest BCUT2D eigenvalue weighted by atomic mass is 9.89. The van der Waals surface area contributed by atoms with Crippen LogP contribution >= 0.6 is 0 Å². The van der Waals surface area contributed by atoms with Crippen LogP contribution in [0.1, 0.15) is 37.7 Å². The van der Waals surface area contributed by atoms with Gasteiger partial charge in [-0.1, -0.05) is 31.4 Å².